The van der Waals surface area contributed by atoms with Crippen molar-refractivity contribution in [1.29, 1.82) is 0 Å². The lowest BCUT2D eigenvalue weighted by Gasteiger charge is -2.20. The van der Waals surface area contributed by atoms with Gasteiger partial charge in [0.1, 0.15) is 5.75 Å². The molecule has 0 aliphatic carbocycles. The van der Waals surface area contributed by atoms with Gasteiger partial charge in [-0.1, -0.05) is 30.3 Å². The molecule has 2 N–H and O–H groups in total. The molecule has 0 aliphatic heterocycles. The number of hydrogen-bond acceptors (Lipinski definition) is 5. The summed E-state index contributed by atoms with van der Waals surface area (Å²) in [4.78, 5) is 25.6. The van der Waals surface area contributed by atoms with Gasteiger partial charge in [-0.15, -0.1) is 0 Å². The largest absolute Gasteiger partial charge is 0.484 e. The molecule has 0 radical (unpaired) electrons. The molecule has 2 rings (SSSR count). The highest BCUT2D eigenvalue weighted by molar-refractivity contribution is 6.08. The van der Waals surface area contributed by atoms with Crippen molar-refractivity contribution in [2.75, 3.05) is 32.9 Å². The number of carbonyl (C=O) groups is 2. The Hall–Kier alpha value is -2.70. The van der Waals surface area contributed by atoms with E-state index in [-0.39, 0.29) is 44.6 Å². The maximum Gasteiger partial charge on any atom is 0.260 e. The fourth-order valence-corrected chi connectivity index (χ4v) is 2.30. The molecule has 0 heterocycles. The van der Waals surface area contributed by atoms with E-state index in [0.717, 1.165) is 0 Å². The van der Waals surface area contributed by atoms with Gasteiger partial charge in [-0.3, -0.25) is 9.59 Å². The van der Waals surface area contributed by atoms with Crippen LogP contribution in [0.4, 0.5) is 0 Å². The Bertz CT molecular complexity index is 679. The Morgan fingerprint density at radius 1 is 0.840 bits per heavy atom. The van der Waals surface area contributed by atoms with E-state index in [0.29, 0.717) is 16.9 Å². The molecule has 0 fully saturated rings. The topological polar surface area (TPSA) is 87.1 Å². The Morgan fingerprint density at radius 2 is 1.40 bits per heavy atom. The third-order valence-electron chi connectivity index (χ3n) is 3.61. The van der Waals surface area contributed by atoms with Gasteiger partial charge in [0.25, 0.3) is 5.91 Å². The molecule has 2 aromatic rings. The van der Waals surface area contributed by atoms with Crippen LogP contribution in [-0.4, -0.2) is 59.7 Å². The smallest absolute Gasteiger partial charge is 0.260 e. The van der Waals surface area contributed by atoms with Crippen molar-refractivity contribution >= 4 is 11.7 Å². The molecule has 0 aliphatic rings. The highest BCUT2D eigenvalue weighted by atomic mass is 16.5. The van der Waals surface area contributed by atoms with Crippen molar-refractivity contribution in [1.82, 2.24) is 4.90 Å². The number of amides is 1. The summed E-state index contributed by atoms with van der Waals surface area (Å²) >= 11 is 0. The number of hydrogen-bond donors (Lipinski definition) is 2. The second-order valence-corrected chi connectivity index (χ2v) is 5.34. The first-order valence-electron chi connectivity index (χ1n) is 7.98. The first-order chi connectivity index (χ1) is 12.2. The van der Waals surface area contributed by atoms with Crippen LogP contribution in [0, 0.1) is 0 Å². The molecule has 6 heteroatoms. The number of ketones is 1. The fraction of sp³-hybridized carbons (Fsp3) is 0.263. The van der Waals surface area contributed by atoms with Gasteiger partial charge < -0.3 is 19.8 Å². The van der Waals surface area contributed by atoms with Gasteiger partial charge in [-0.2, -0.15) is 0 Å². The van der Waals surface area contributed by atoms with E-state index >= 15 is 0 Å². The van der Waals surface area contributed by atoms with E-state index in [2.05, 4.69) is 0 Å². The third kappa shape index (κ3) is 5.41. The van der Waals surface area contributed by atoms with Gasteiger partial charge >= 0.3 is 0 Å². The fourth-order valence-electron chi connectivity index (χ4n) is 2.30. The molecular weight excluding hydrogens is 322 g/mol. The molecule has 1 amide bonds. The summed E-state index contributed by atoms with van der Waals surface area (Å²) < 4.78 is 5.42. The van der Waals surface area contributed by atoms with Crippen LogP contribution in [0.3, 0.4) is 0 Å². The molecule has 0 spiro atoms. The Kier molecular flexibility index (Phi) is 7.13. The number of nitrogens with zero attached hydrogens (tertiary/aromatic N) is 1. The van der Waals surface area contributed by atoms with Crippen LogP contribution in [0.2, 0.25) is 0 Å². The SMILES string of the molecule is O=C(c1ccccc1)c1ccc(OCC(=O)N(CCO)CCO)cc1. The van der Waals surface area contributed by atoms with Crippen LogP contribution < -0.4 is 4.74 Å². The summed E-state index contributed by atoms with van der Waals surface area (Å²) in [5.74, 6) is 0.0544. The minimum atomic E-state index is -0.326. The zero-order chi connectivity index (χ0) is 18.1. The Morgan fingerprint density at radius 3 is 1.96 bits per heavy atom. The third-order valence-corrected chi connectivity index (χ3v) is 3.61. The van der Waals surface area contributed by atoms with Crippen LogP contribution >= 0.6 is 0 Å². The average Bonchev–Trinajstić information content (AvgIpc) is 2.66. The summed E-state index contributed by atoms with van der Waals surface area (Å²) in [5.41, 5.74) is 1.14. The van der Waals surface area contributed by atoms with Crippen LogP contribution in [0.1, 0.15) is 15.9 Å². The maximum absolute atomic E-state index is 12.3. The van der Waals surface area contributed by atoms with E-state index in [1.165, 1.54) is 4.90 Å². The summed E-state index contributed by atoms with van der Waals surface area (Å²) in [5, 5.41) is 17.9. The lowest BCUT2D eigenvalue weighted by molar-refractivity contribution is -0.134. The molecule has 0 saturated heterocycles. The van der Waals surface area contributed by atoms with Crippen molar-refractivity contribution < 1.29 is 24.5 Å². The second kappa shape index (κ2) is 9.56. The average molecular weight is 343 g/mol. The number of ether oxygens (including phenoxy) is 1. The number of aliphatic hydroxyl groups excluding tert-OH is 2. The van der Waals surface area contributed by atoms with Crippen molar-refractivity contribution in [2.45, 2.75) is 0 Å². The Labute approximate surface area is 146 Å². The lowest BCUT2D eigenvalue weighted by Crippen LogP contribution is -2.38. The molecule has 0 aromatic heterocycles. The second-order valence-electron chi connectivity index (χ2n) is 5.34. The van der Waals surface area contributed by atoms with Gasteiger partial charge in [-0.05, 0) is 24.3 Å². The molecule has 132 valence electrons. The van der Waals surface area contributed by atoms with E-state index in [4.69, 9.17) is 14.9 Å². The molecule has 2 aromatic carbocycles. The van der Waals surface area contributed by atoms with Crippen molar-refractivity contribution in [3.05, 3.63) is 65.7 Å². The monoisotopic (exact) mass is 343 g/mol. The first-order valence-corrected chi connectivity index (χ1v) is 7.98. The summed E-state index contributed by atoms with van der Waals surface area (Å²) in [7, 11) is 0. The number of aliphatic hydroxyl groups is 2. The van der Waals surface area contributed by atoms with Gasteiger partial charge in [0.05, 0.1) is 13.2 Å². The van der Waals surface area contributed by atoms with Gasteiger partial charge in [0.15, 0.2) is 12.4 Å². The van der Waals surface area contributed by atoms with E-state index in [1.807, 2.05) is 6.07 Å². The minimum absolute atomic E-state index is 0.0831. The normalized spacial score (nSPS) is 10.3. The number of rotatable bonds is 9. The lowest BCUT2D eigenvalue weighted by atomic mass is 10.0. The summed E-state index contributed by atoms with van der Waals surface area (Å²) in [6.45, 7) is -0.267. The molecule has 0 saturated carbocycles. The number of carbonyl (C=O) groups excluding carboxylic acids is 2. The highest BCUT2D eigenvalue weighted by Gasteiger charge is 2.13. The minimum Gasteiger partial charge on any atom is -0.484 e. The van der Waals surface area contributed by atoms with Crippen molar-refractivity contribution in [2.24, 2.45) is 0 Å². The Balaban J connectivity index is 1.94. The van der Waals surface area contributed by atoms with Crippen molar-refractivity contribution in [3.63, 3.8) is 0 Å². The van der Waals surface area contributed by atoms with Crippen molar-refractivity contribution in [3.8, 4) is 5.75 Å². The zero-order valence-electron chi connectivity index (χ0n) is 13.8. The van der Waals surface area contributed by atoms with Crippen LogP contribution in [0.15, 0.2) is 54.6 Å². The van der Waals surface area contributed by atoms with Gasteiger partial charge in [0.2, 0.25) is 0 Å². The predicted molar refractivity (Wildman–Crippen MR) is 92.6 cm³/mol. The van der Waals surface area contributed by atoms with Gasteiger partial charge in [-0.25, -0.2) is 0 Å². The van der Waals surface area contributed by atoms with E-state index in [1.54, 1.807) is 48.5 Å². The maximum atomic E-state index is 12.3. The van der Waals surface area contributed by atoms with Gasteiger partial charge in [0, 0.05) is 24.2 Å². The van der Waals surface area contributed by atoms with Crippen LogP contribution in [0.25, 0.3) is 0 Å². The summed E-state index contributed by atoms with van der Waals surface area (Å²) in [6.07, 6.45) is 0. The zero-order valence-corrected chi connectivity index (χ0v) is 13.8. The standard InChI is InChI=1S/C19H21NO5/c21-12-10-20(11-13-22)18(23)14-25-17-8-6-16(7-9-17)19(24)15-4-2-1-3-5-15/h1-9,21-22H,10-14H2. The quantitative estimate of drug-likeness (QED) is 0.666. The first kappa shape index (κ1) is 18.6. The molecular formula is C19H21NO5. The molecule has 6 nitrogen and oxygen atoms in total. The molecule has 0 unspecified atom stereocenters. The molecule has 0 bridgehead atoms. The molecule has 25 heavy (non-hydrogen) atoms. The van der Waals surface area contributed by atoms with Crippen LogP contribution in [0.5, 0.6) is 5.75 Å². The van der Waals surface area contributed by atoms with Crippen LogP contribution in [-0.2, 0) is 4.79 Å². The number of benzene rings is 2. The predicted octanol–water partition coefficient (Wildman–Crippen LogP) is 1.11. The van der Waals surface area contributed by atoms with E-state index < -0.39 is 0 Å². The highest BCUT2D eigenvalue weighted by Crippen LogP contribution is 2.15. The van der Waals surface area contributed by atoms with E-state index in [9.17, 15) is 9.59 Å². The summed E-state index contributed by atoms with van der Waals surface area (Å²) in [6, 6.07) is 15.5. The molecule has 0 atom stereocenters.